The molecule has 104 valence electrons. The molecule has 0 bridgehead atoms. The minimum absolute atomic E-state index is 0.144. The first-order valence-corrected chi connectivity index (χ1v) is 7.81. The van der Waals surface area contributed by atoms with E-state index in [1.165, 1.54) is 5.56 Å². The number of nitriles is 1. The van der Waals surface area contributed by atoms with E-state index in [9.17, 15) is 0 Å². The highest BCUT2D eigenvalue weighted by atomic mass is 32.2. The number of hydrogen-bond donors (Lipinski definition) is 1. The van der Waals surface area contributed by atoms with Crippen LogP contribution in [0.5, 0.6) is 0 Å². The maximum Gasteiger partial charge on any atom is 0.154 e. The van der Waals surface area contributed by atoms with Crippen molar-refractivity contribution in [2.75, 3.05) is 5.75 Å². The summed E-state index contributed by atoms with van der Waals surface area (Å²) in [6.07, 6.45) is 1.01. The number of aliphatic imine (C=N–C) groups is 1. The van der Waals surface area contributed by atoms with Gasteiger partial charge in [0.05, 0.1) is 17.7 Å². The van der Waals surface area contributed by atoms with Gasteiger partial charge in [0.25, 0.3) is 0 Å². The molecule has 1 aliphatic heterocycles. The number of hydrogen-bond acceptors (Lipinski definition) is 4. The number of nitrogens with zero attached hydrogens (tertiary/aromatic N) is 2. The fourth-order valence-corrected chi connectivity index (χ4v) is 3.22. The summed E-state index contributed by atoms with van der Waals surface area (Å²) in [6, 6.07) is 18.3. The molecule has 0 spiro atoms. The molecular weight excluding hydrogens is 278 g/mol. The van der Waals surface area contributed by atoms with Crippen LogP contribution < -0.4 is 5.73 Å². The topological polar surface area (TPSA) is 62.2 Å². The Balaban J connectivity index is 1.96. The molecule has 2 aromatic carbocycles. The average Bonchev–Trinajstić information content (AvgIpc) is 2.55. The maximum absolute atomic E-state index is 9.01. The zero-order valence-corrected chi connectivity index (χ0v) is 12.3. The quantitative estimate of drug-likeness (QED) is 0.918. The molecular formula is C17H15N3S. The van der Waals surface area contributed by atoms with Crippen LogP contribution in [0.1, 0.15) is 23.6 Å². The van der Waals surface area contributed by atoms with Crippen LogP contribution in [0.3, 0.4) is 0 Å². The molecule has 0 saturated carbocycles. The molecule has 1 atom stereocenters. The summed E-state index contributed by atoms with van der Waals surface area (Å²) in [5, 5.41) is 9.68. The zero-order valence-electron chi connectivity index (χ0n) is 11.5. The number of nitrogens with two attached hydrogens (primary N) is 1. The highest BCUT2D eigenvalue weighted by molar-refractivity contribution is 8.13. The van der Waals surface area contributed by atoms with Crippen LogP contribution in [0.2, 0.25) is 0 Å². The minimum atomic E-state index is 0.144. The summed E-state index contributed by atoms with van der Waals surface area (Å²) < 4.78 is 0. The fourth-order valence-electron chi connectivity index (χ4n) is 2.47. The highest BCUT2D eigenvalue weighted by Crippen LogP contribution is 2.31. The monoisotopic (exact) mass is 293 g/mol. The first-order chi connectivity index (χ1) is 10.3. The Morgan fingerprint density at radius 3 is 2.67 bits per heavy atom. The Labute approximate surface area is 128 Å². The molecule has 1 heterocycles. The van der Waals surface area contributed by atoms with Crippen molar-refractivity contribution in [2.45, 2.75) is 12.5 Å². The van der Waals surface area contributed by atoms with Crippen molar-refractivity contribution in [3.05, 3.63) is 59.7 Å². The standard InChI is InChI=1S/C17H15N3S/c18-11-12-3-1-4-13(9-12)14-5-2-6-15(10-14)16-7-8-21-17(19)20-16/h1-6,9-10,16H,7-8H2,(H2,19,20). The minimum Gasteiger partial charge on any atom is -0.379 e. The van der Waals surface area contributed by atoms with Gasteiger partial charge in [-0.25, -0.2) is 0 Å². The van der Waals surface area contributed by atoms with Crippen LogP contribution in [0, 0.1) is 11.3 Å². The van der Waals surface area contributed by atoms with E-state index in [1.54, 1.807) is 11.8 Å². The van der Waals surface area contributed by atoms with Gasteiger partial charge in [-0.2, -0.15) is 5.26 Å². The van der Waals surface area contributed by atoms with E-state index in [-0.39, 0.29) is 6.04 Å². The Hall–Kier alpha value is -2.25. The van der Waals surface area contributed by atoms with Gasteiger partial charge in [-0.15, -0.1) is 0 Å². The Morgan fingerprint density at radius 1 is 1.14 bits per heavy atom. The molecule has 0 fully saturated rings. The van der Waals surface area contributed by atoms with E-state index in [0.29, 0.717) is 10.7 Å². The highest BCUT2D eigenvalue weighted by Gasteiger charge is 2.16. The van der Waals surface area contributed by atoms with Gasteiger partial charge in [0, 0.05) is 5.75 Å². The molecule has 2 N–H and O–H groups in total. The van der Waals surface area contributed by atoms with E-state index in [4.69, 9.17) is 11.0 Å². The lowest BCUT2D eigenvalue weighted by Gasteiger charge is -2.19. The third-order valence-corrected chi connectivity index (χ3v) is 4.36. The summed E-state index contributed by atoms with van der Waals surface area (Å²) in [5.74, 6) is 1.01. The Morgan fingerprint density at radius 2 is 1.90 bits per heavy atom. The van der Waals surface area contributed by atoms with E-state index in [1.807, 2.05) is 30.3 Å². The van der Waals surface area contributed by atoms with Gasteiger partial charge in [-0.3, -0.25) is 4.99 Å². The number of thioether (sulfide) groups is 1. The smallest absolute Gasteiger partial charge is 0.154 e. The molecule has 0 saturated heterocycles. The van der Waals surface area contributed by atoms with Crippen molar-refractivity contribution in [1.29, 1.82) is 5.26 Å². The Kier molecular flexibility index (Phi) is 3.94. The van der Waals surface area contributed by atoms with E-state index in [0.717, 1.165) is 23.3 Å². The lowest BCUT2D eigenvalue weighted by molar-refractivity contribution is 0.704. The van der Waals surface area contributed by atoms with Gasteiger partial charge in [-0.05, 0) is 41.3 Å². The largest absolute Gasteiger partial charge is 0.379 e. The normalized spacial score (nSPS) is 17.9. The maximum atomic E-state index is 9.01. The molecule has 3 rings (SSSR count). The lowest BCUT2D eigenvalue weighted by atomic mass is 9.97. The average molecular weight is 293 g/mol. The van der Waals surface area contributed by atoms with E-state index in [2.05, 4.69) is 29.3 Å². The lowest BCUT2D eigenvalue weighted by Crippen LogP contribution is -2.15. The van der Waals surface area contributed by atoms with Crippen LogP contribution in [0.4, 0.5) is 0 Å². The molecule has 3 nitrogen and oxygen atoms in total. The third kappa shape index (κ3) is 3.09. The van der Waals surface area contributed by atoms with Crippen molar-refractivity contribution < 1.29 is 0 Å². The number of rotatable bonds is 2. The van der Waals surface area contributed by atoms with Crippen molar-refractivity contribution in [3.63, 3.8) is 0 Å². The van der Waals surface area contributed by atoms with Crippen LogP contribution in [-0.4, -0.2) is 10.9 Å². The molecule has 1 aliphatic rings. The first-order valence-electron chi connectivity index (χ1n) is 6.83. The molecule has 0 aromatic heterocycles. The van der Waals surface area contributed by atoms with E-state index < -0.39 is 0 Å². The molecule has 2 aromatic rings. The second-order valence-electron chi connectivity index (χ2n) is 4.94. The summed E-state index contributed by atoms with van der Waals surface area (Å²) in [5.41, 5.74) is 9.84. The fraction of sp³-hybridized carbons (Fsp3) is 0.176. The summed E-state index contributed by atoms with van der Waals surface area (Å²) in [6.45, 7) is 0. The first kappa shape index (κ1) is 13.7. The summed E-state index contributed by atoms with van der Waals surface area (Å²) >= 11 is 1.61. The van der Waals surface area contributed by atoms with Crippen molar-refractivity contribution in [1.82, 2.24) is 0 Å². The van der Waals surface area contributed by atoms with Gasteiger partial charge in [0.1, 0.15) is 0 Å². The SMILES string of the molecule is N#Cc1cccc(-c2cccc(C3CCSC(N)=N3)c2)c1. The van der Waals surface area contributed by atoms with Gasteiger partial charge in [0.2, 0.25) is 0 Å². The van der Waals surface area contributed by atoms with Gasteiger partial charge < -0.3 is 5.73 Å². The molecule has 1 unspecified atom stereocenters. The van der Waals surface area contributed by atoms with Gasteiger partial charge in [-0.1, -0.05) is 42.1 Å². The molecule has 21 heavy (non-hydrogen) atoms. The summed E-state index contributed by atoms with van der Waals surface area (Å²) in [7, 11) is 0. The van der Waals surface area contributed by atoms with Crippen LogP contribution in [0.15, 0.2) is 53.5 Å². The predicted molar refractivity (Wildman–Crippen MR) is 88.0 cm³/mol. The summed E-state index contributed by atoms with van der Waals surface area (Å²) in [4.78, 5) is 4.53. The van der Waals surface area contributed by atoms with Crippen molar-refractivity contribution >= 4 is 16.9 Å². The van der Waals surface area contributed by atoms with E-state index >= 15 is 0 Å². The molecule has 0 radical (unpaired) electrons. The number of amidine groups is 1. The second kappa shape index (κ2) is 6.02. The van der Waals surface area contributed by atoms with Crippen molar-refractivity contribution in [2.24, 2.45) is 10.7 Å². The third-order valence-electron chi connectivity index (χ3n) is 3.52. The predicted octanol–water partition coefficient (Wildman–Crippen LogP) is 3.72. The molecule has 4 heteroatoms. The van der Waals surface area contributed by atoms with Crippen molar-refractivity contribution in [3.8, 4) is 17.2 Å². The zero-order chi connectivity index (χ0) is 14.7. The van der Waals surface area contributed by atoms with Gasteiger partial charge in [0.15, 0.2) is 5.17 Å². The van der Waals surface area contributed by atoms with Gasteiger partial charge >= 0.3 is 0 Å². The van der Waals surface area contributed by atoms with Crippen LogP contribution in [-0.2, 0) is 0 Å². The van der Waals surface area contributed by atoms with Crippen LogP contribution in [0.25, 0.3) is 11.1 Å². The van der Waals surface area contributed by atoms with Crippen LogP contribution >= 0.6 is 11.8 Å². The Bertz CT molecular complexity index is 731. The number of benzene rings is 2. The molecule has 0 aliphatic carbocycles. The molecule has 0 amide bonds. The second-order valence-corrected chi connectivity index (χ2v) is 6.05.